The molecule has 0 spiro atoms. The van der Waals surface area contributed by atoms with Gasteiger partial charge in [0.2, 0.25) is 5.79 Å². The van der Waals surface area contributed by atoms with Gasteiger partial charge in [0.1, 0.15) is 17.9 Å². The molecular weight excluding hydrogens is 913 g/mol. The van der Waals surface area contributed by atoms with E-state index in [0.717, 1.165) is 5.57 Å². The zero-order valence-electron chi connectivity index (χ0n) is 44.6. The second-order valence-corrected chi connectivity index (χ2v) is 21.3. The maximum absolute atomic E-state index is 14.5. The molecule has 2 N–H and O–H groups in total. The molecule has 16 nitrogen and oxygen atoms in total. The smallest absolute Gasteiger partial charge is 0.329 e. The summed E-state index contributed by atoms with van der Waals surface area (Å²) in [5, 5.41) is 22.6. The van der Waals surface area contributed by atoms with Gasteiger partial charge >= 0.3 is 11.9 Å². The zero-order chi connectivity index (χ0) is 52.7. The fourth-order valence-corrected chi connectivity index (χ4v) is 10.7. The maximum atomic E-state index is 14.5. The summed E-state index contributed by atoms with van der Waals surface area (Å²) in [6.45, 7) is 12.7. The first-order valence-corrected chi connectivity index (χ1v) is 25.9. The summed E-state index contributed by atoms with van der Waals surface area (Å²) in [5.41, 5.74) is 1.30. The normalized spacial score (nSPS) is 38.0. The number of ketones is 3. The van der Waals surface area contributed by atoms with Gasteiger partial charge in [0.15, 0.2) is 18.0 Å². The monoisotopic (exact) mass is 999 g/mol. The van der Waals surface area contributed by atoms with Gasteiger partial charge in [-0.3, -0.25) is 28.9 Å². The fourth-order valence-electron chi connectivity index (χ4n) is 10.7. The molecule has 4 aliphatic rings. The van der Waals surface area contributed by atoms with E-state index in [-0.39, 0.29) is 61.4 Å². The van der Waals surface area contributed by atoms with E-state index < -0.39 is 89.8 Å². The number of aliphatic hydroxyl groups excluding tert-OH is 1. The van der Waals surface area contributed by atoms with Gasteiger partial charge in [0.05, 0.1) is 31.0 Å². The number of ether oxygens (including phenoxy) is 6. The average Bonchev–Trinajstić information content (AvgIpc) is 3.32. The minimum atomic E-state index is -2.45. The first-order chi connectivity index (χ1) is 33.5. The number of carbonyl (C=O) groups is 6. The van der Waals surface area contributed by atoms with Crippen LogP contribution in [0.5, 0.6) is 0 Å². The van der Waals surface area contributed by atoms with E-state index in [2.05, 4.69) is 0 Å². The number of amides is 1. The molecule has 3 heterocycles. The lowest BCUT2D eigenvalue weighted by atomic mass is 9.78. The van der Waals surface area contributed by atoms with E-state index in [0.29, 0.717) is 69.8 Å². The Balaban J connectivity index is 1.77. The van der Waals surface area contributed by atoms with E-state index >= 15 is 0 Å². The first-order valence-electron chi connectivity index (χ1n) is 25.9. The number of hydrogen-bond donors (Lipinski definition) is 2. The Morgan fingerprint density at radius 2 is 1.59 bits per heavy atom. The number of allylic oxidation sites excluding steroid dienone is 6. The number of carbonyl (C=O) groups excluding carboxylic acids is 6. The number of methoxy groups -OCH3 is 3. The van der Waals surface area contributed by atoms with Gasteiger partial charge in [-0.05, 0) is 121 Å². The van der Waals surface area contributed by atoms with Crippen LogP contribution >= 0.6 is 0 Å². The van der Waals surface area contributed by atoms with Crippen LogP contribution in [0.15, 0.2) is 47.6 Å². The van der Waals surface area contributed by atoms with Gasteiger partial charge in [-0.15, -0.1) is 0 Å². The van der Waals surface area contributed by atoms with Crippen LogP contribution in [-0.2, 0) is 57.2 Å². The van der Waals surface area contributed by atoms with Crippen LogP contribution in [0, 0.1) is 35.5 Å². The molecule has 71 heavy (non-hydrogen) atoms. The van der Waals surface area contributed by atoms with Crippen LogP contribution in [0.3, 0.4) is 0 Å². The van der Waals surface area contributed by atoms with Crippen molar-refractivity contribution in [1.82, 2.24) is 9.80 Å². The lowest BCUT2D eigenvalue weighted by Gasteiger charge is -2.42. The Kier molecular flexibility index (Phi) is 23.5. The molecule has 0 radical (unpaired) electrons. The van der Waals surface area contributed by atoms with Crippen LogP contribution in [0.2, 0.25) is 0 Å². The Hall–Kier alpha value is -3.90. The Labute approximate surface area is 422 Å². The molecule has 4 rings (SSSR count). The van der Waals surface area contributed by atoms with Gasteiger partial charge in [-0.1, -0.05) is 71.1 Å². The van der Waals surface area contributed by atoms with Crippen LogP contribution in [0.25, 0.3) is 0 Å². The molecule has 1 saturated carbocycles. The van der Waals surface area contributed by atoms with Crippen LogP contribution < -0.4 is 0 Å². The molecular formula is C55H86N2O14. The zero-order valence-corrected chi connectivity index (χ0v) is 44.6. The van der Waals surface area contributed by atoms with E-state index in [9.17, 15) is 39.0 Å². The largest absolute Gasteiger partial charge is 0.460 e. The SMILES string of the molecule is COC1CC2CCC(C)[C@](O)(O2)C(=O)C(=O)N2CCCCC2C(=O)OC(C(C)CC2CCC(O)C(OC)C2)CC(=O)C(C)/C=C(/C)C(OC(=O)CN(C)C)C(OC)C(=O)C(C)CC(C)\C=C/C=C/C=C/1C. The summed E-state index contributed by atoms with van der Waals surface area (Å²) in [6, 6.07) is -1.17. The summed E-state index contributed by atoms with van der Waals surface area (Å²) in [5.74, 6) is -8.85. The standard InChI is InChI=1S/C55H86N2O14/c1-33-18-14-13-15-19-34(2)45(66-10)30-41-23-21-39(7)55(65,71-41)52(62)53(63)57-25-17-16-20-42(57)54(64)69-46(36(4)28-40-22-24-43(58)47(29-40)67-11)31-44(59)35(3)27-38(6)50(70-48(60)32-56(8)9)51(68-12)49(61)37(5)26-33/h13-15,18-19,27,33,35-37,39-43,45-47,50-51,58,65H,16-17,20-26,28-32H2,1-12H3/b15-13+,18-14-,34-19+,38-27-/t33?,35?,36?,37?,39?,40?,41?,42?,43?,45?,46?,47?,50?,51?,55-/m0/s1. The number of cyclic esters (lactones) is 1. The van der Waals surface area contributed by atoms with Gasteiger partial charge < -0.3 is 43.5 Å². The third-order valence-electron chi connectivity index (χ3n) is 15.2. The second-order valence-electron chi connectivity index (χ2n) is 21.3. The predicted molar refractivity (Wildman–Crippen MR) is 268 cm³/mol. The van der Waals surface area contributed by atoms with Crippen molar-refractivity contribution in [2.45, 2.75) is 180 Å². The number of hydrogen-bond acceptors (Lipinski definition) is 15. The fraction of sp³-hybridized carbons (Fsp3) is 0.745. The molecule has 15 atom stereocenters. The molecule has 16 heteroatoms. The van der Waals surface area contributed by atoms with Gasteiger partial charge in [0, 0.05) is 58.5 Å². The van der Waals surface area contributed by atoms with Crippen molar-refractivity contribution >= 4 is 35.2 Å². The molecule has 1 amide bonds. The number of nitrogens with zero attached hydrogens (tertiary/aromatic N) is 2. The predicted octanol–water partition coefficient (Wildman–Crippen LogP) is 6.29. The summed E-state index contributed by atoms with van der Waals surface area (Å²) in [4.78, 5) is 87.9. The Bertz CT molecular complexity index is 1950. The van der Waals surface area contributed by atoms with Crippen molar-refractivity contribution in [2.75, 3.05) is 48.5 Å². The van der Waals surface area contributed by atoms with Crippen LogP contribution in [-0.4, -0.2) is 158 Å². The number of piperidine rings is 1. The Morgan fingerprint density at radius 1 is 0.873 bits per heavy atom. The Morgan fingerprint density at radius 3 is 2.25 bits per heavy atom. The maximum Gasteiger partial charge on any atom is 0.329 e. The number of aliphatic hydroxyl groups is 2. The lowest BCUT2D eigenvalue weighted by molar-refractivity contribution is -0.265. The summed E-state index contributed by atoms with van der Waals surface area (Å²) < 4.78 is 35.8. The first kappa shape index (κ1) is 59.7. The second kappa shape index (κ2) is 28.0. The number of likely N-dealkylation sites (N-methyl/N-ethyl adjacent to an activating group) is 1. The summed E-state index contributed by atoms with van der Waals surface area (Å²) in [7, 11) is 7.98. The highest BCUT2D eigenvalue weighted by Crippen LogP contribution is 2.38. The molecule has 0 aromatic carbocycles. The van der Waals surface area contributed by atoms with Crippen molar-refractivity contribution in [3.8, 4) is 0 Å². The molecule has 1 aliphatic carbocycles. The minimum absolute atomic E-state index is 0.0246. The van der Waals surface area contributed by atoms with Crippen molar-refractivity contribution < 1.29 is 67.4 Å². The highest BCUT2D eigenvalue weighted by molar-refractivity contribution is 6.39. The third kappa shape index (κ3) is 16.6. The van der Waals surface area contributed by atoms with Crippen molar-refractivity contribution in [3.63, 3.8) is 0 Å². The molecule has 0 aromatic heterocycles. The number of Topliss-reactive ketones (excluding diaryl/α,β-unsaturated/α-hetero) is 3. The molecule has 0 aromatic rings. The lowest BCUT2D eigenvalue weighted by Crippen LogP contribution is -2.61. The molecule has 2 bridgehead atoms. The number of rotatable bonds is 9. The van der Waals surface area contributed by atoms with Crippen LogP contribution in [0.4, 0.5) is 0 Å². The topological polar surface area (TPSA) is 205 Å². The summed E-state index contributed by atoms with van der Waals surface area (Å²) >= 11 is 0. The minimum Gasteiger partial charge on any atom is -0.460 e. The quantitative estimate of drug-likeness (QED) is 0.148. The van der Waals surface area contributed by atoms with Crippen molar-refractivity contribution in [2.24, 2.45) is 35.5 Å². The molecule has 3 fully saturated rings. The van der Waals surface area contributed by atoms with E-state index in [1.54, 1.807) is 60.1 Å². The molecule has 400 valence electrons. The van der Waals surface area contributed by atoms with E-state index in [4.69, 9.17) is 28.4 Å². The third-order valence-corrected chi connectivity index (χ3v) is 15.2. The number of esters is 2. The van der Waals surface area contributed by atoms with Gasteiger partial charge in [0.25, 0.3) is 11.7 Å². The molecule has 3 aliphatic heterocycles. The van der Waals surface area contributed by atoms with Crippen molar-refractivity contribution in [1.29, 1.82) is 0 Å². The van der Waals surface area contributed by atoms with Gasteiger partial charge in [-0.25, -0.2) is 4.79 Å². The number of fused-ring (bicyclic) bond motifs is 3. The van der Waals surface area contributed by atoms with E-state index in [1.807, 2.05) is 58.1 Å². The highest BCUT2D eigenvalue weighted by atomic mass is 16.6. The van der Waals surface area contributed by atoms with Crippen molar-refractivity contribution in [3.05, 3.63) is 47.6 Å². The average molecular weight is 999 g/mol. The van der Waals surface area contributed by atoms with Gasteiger partial charge in [-0.2, -0.15) is 0 Å². The summed E-state index contributed by atoms with van der Waals surface area (Å²) in [6.07, 6.45) is 11.0. The van der Waals surface area contributed by atoms with Crippen LogP contribution in [0.1, 0.15) is 126 Å². The molecule has 2 saturated heterocycles. The van der Waals surface area contributed by atoms with E-state index in [1.165, 1.54) is 12.0 Å². The molecule has 14 unspecified atom stereocenters. The highest BCUT2D eigenvalue weighted by Gasteiger charge is 2.53.